The number of amides is 1. The van der Waals surface area contributed by atoms with Gasteiger partial charge in [0.05, 0.1) is 28.2 Å². The van der Waals surface area contributed by atoms with Crippen molar-refractivity contribution in [1.29, 1.82) is 0 Å². The molecule has 3 N–H and O–H groups in total. The lowest BCUT2D eigenvalue weighted by atomic mass is 10.2. The first-order valence-electron chi connectivity index (χ1n) is 5.40. The van der Waals surface area contributed by atoms with Gasteiger partial charge in [0.15, 0.2) is 0 Å². The number of halogens is 1. The van der Waals surface area contributed by atoms with Crippen molar-refractivity contribution >= 4 is 33.3 Å². The van der Waals surface area contributed by atoms with E-state index in [2.05, 4.69) is 26.2 Å². The van der Waals surface area contributed by atoms with E-state index in [1.54, 1.807) is 12.1 Å². The van der Waals surface area contributed by atoms with Crippen molar-refractivity contribution in [2.24, 2.45) is 0 Å². The Kier molecular flexibility index (Phi) is 3.66. The maximum Gasteiger partial charge on any atom is 0.260 e. The second-order valence-electron chi connectivity index (χ2n) is 3.66. The standard InChI is InChI=1S/C12H12BrN3O2/c1-2-10-8(3-4-18-10)12(17)16-11-9(13)5-7(14)6-15-11/h3-6H,2,14H2,1H3,(H,15,16,17). The molecule has 5 nitrogen and oxygen atoms in total. The van der Waals surface area contributed by atoms with Crippen LogP contribution in [0.2, 0.25) is 0 Å². The topological polar surface area (TPSA) is 81.2 Å². The molecule has 0 saturated carbocycles. The van der Waals surface area contributed by atoms with Crippen molar-refractivity contribution in [3.8, 4) is 0 Å². The SMILES string of the molecule is CCc1occc1C(=O)Nc1ncc(N)cc1Br. The van der Waals surface area contributed by atoms with Gasteiger partial charge in [0.25, 0.3) is 5.91 Å². The average Bonchev–Trinajstić information content (AvgIpc) is 2.81. The smallest absolute Gasteiger partial charge is 0.260 e. The van der Waals surface area contributed by atoms with Crippen molar-refractivity contribution in [2.75, 3.05) is 11.1 Å². The van der Waals surface area contributed by atoms with Gasteiger partial charge in [-0.25, -0.2) is 4.98 Å². The van der Waals surface area contributed by atoms with Crippen molar-refractivity contribution < 1.29 is 9.21 Å². The molecule has 0 aliphatic heterocycles. The summed E-state index contributed by atoms with van der Waals surface area (Å²) in [6.45, 7) is 1.92. The molecule has 2 aromatic heterocycles. The van der Waals surface area contributed by atoms with Gasteiger partial charge in [0.2, 0.25) is 0 Å². The molecule has 6 heteroatoms. The average molecular weight is 310 g/mol. The molecule has 0 bridgehead atoms. The summed E-state index contributed by atoms with van der Waals surface area (Å²) < 4.78 is 5.85. The van der Waals surface area contributed by atoms with Crippen LogP contribution in [0, 0.1) is 0 Å². The molecule has 0 aliphatic carbocycles. The van der Waals surface area contributed by atoms with E-state index in [1.165, 1.54) is 12.5 Å². The van der Waals surface area contributed by atoms with E-state index in [0.29, 0.717) is 33.7 Å². The molecule has 18 heavy (non-hydrogen) atoms. The Bertz CT molecular complexity index is 580. The lowest BCUT2D eigenvalue weighted by molar-refractivity contribution is 0.102. The molecule has 0 aliphatic rings. The molecular formula is C12H12BrN3O2. The fourth-order valence-corrected chi connectivity index (χ4v) is 2.00. The number of carbonyl (C=O) groups is 1. The van der Waals surface area contributed by atoms with Crippen LogP contribution in [0.15, 0.2) is 33.5 Å². The first kappa shape index (κ1) is 12.6. The third kappa shape index (κ3) is 2.53. The van der Waals surface area contributed by atoms with E-state index in [4.69, 9.17) is 10.2 Å². The van der Waals surface area contributed by atoms with Crippen LogP contribution in [0.1, 0.15) is 23.0 Å². The monoisotopic (exact) mass is 309 g/mol. The van der Waals surface area contributed by atoms with Gasteiger partial charge in [-0.2, -0.15) is 0 Å². The van der Waals surface area contributed by atoms with Crippen LogP contribution in [0.4, 0.5) is 11.5 Å². The van der Waals surface area contributed by atoms with Crippen LogP contribution in [-0.2, 0) is 6.42 Å². The zero-order valence-corrected chi connectivity index (χ0v) is 11.3. The van der Waals surface area contributed by atoms with Gasteiger partial charge >= 0.3 is 0 Å². The number of hydrogen-bond acceptors (Lipinski definition) is 4. The molecule has 0 saturated heterocycles. The quantitative estimate of drug-likeness (QED) is 0.913. The largest absolute Gasteiger partial charge is 0.469 e. The molecule has 2 heterocycles. The van der Waals surface area contributed by atoms with E-state index >= 15 is 0 Å². The highest BCUT2D eigenvalue weighted by atomic mass is 79.9. The fourth-order valence-electron chi connectivity index (χ4n) is 1.54. The van der Waals surface area contributed by atoms with Crippen LogP contribution >= 0.6 is 15.9 Å². The summed E-state index contributed by atoms with van der Waals surface area (Å²) in [4.78, 5) is 16.1. The maximum atomic E-state index is 12.0. The highest BCUT2D eigenvalue weighted by Crippen LogP contribution is 2.23. The van der Waals surface area contributed by atoms with Gasteiger partial charge in [0, 0.05) is 6.42 Å². The van der Waals surface area contributed by atoms with E-state index in [0.717, 1.165) is 0 Å². The van der Waals surface area contributed by atoms with Crippen LogP contribution in [0.5, 0.6) is 0 Å². The number of nitrogens with two attached hydrogens (primary N) is 1. The number of pyridine rings is 1. The molecule has 0 spiro atoms. The molecule has 0 unspecified atom stereocenters. The van der Waals surface area contributed by atoms with Crippen molar-refractivity contribution in [1.82, 2.24) is 4.98 Å². The molecule has 2 rings (SSSR count). The molecule has 1 amide bonds. The minimum atomic E-state index is -0.251. The number of furan rings is 1. The summed E-state index contributed by atoms with van der Waals surface area (Å²) >= 11 is 3.29. The lowest BCUT2D eigenvalue weighted by Crippen LogP contribution is -2.14. The Morgan fingerprint density at radius 2 is 2.39 bits per heavy atom. The van der Waals surface area contributed by atoms with Crippen LogP contribution < -0.4 is 11.1 Å². The second-order valence-corrected chi connectivity index (χ2v) is 4.52. The van der Waals surface area contributed by atoms with E-state index in [9.17, 15) is 4.79 Å². The van der Waals surface area contributed by atoms with Gasteiger partial charge in [0.1, 0.15) is 11.6 Å². The number of nitrogen functional groups attached to an aromatic ring is 1. The molecule has 2 aromatic rings. The van der Waals surface area contributed by atoms with Crippen molar-refractivity contribution in [3.05, 3.63) is 40.4 Å². The number of aryl methyl sites for hydroxylation is 1. The fraction of sp³-hybridized carbons (Fsp3) is 0.167. The van der Waals surface area contributed by atoms with Gasteiger partial charge in [-0.3, -0.25) is 4.79 Å². The number of nitrogens with one attached hydrogen (secondary N) is 1. The Morgan fingerprint density at radius 1 is 1.61 bits per heavy atom. The molecule has 94 valence electrons. The highest BCUT2D eigenvalue weighted by molar-refractivity contribution is 9.10. The first-order valence-corrected chi connectivity index (χ1v) is 6.20. The number of carbonyl (C=O) groups excluding carboxylic acids is 1. The molecule has 0 atom stereocenters. The predicted molar refractivity (Wildman–Crippen MR) is 72.4 cm³/mol. The highest BCUT2D eigenvalue weighted by Gasteiger charge is 2.15. The van der Waals surface area contributed by atoms with Crippen molar-refractivity contribution in [3.63, 3.8) is 0 Å². The summed E-state index contributed by atoms with van der Waals surface area (Å²) in [5, 5.41) is 2.70. The zero-order chi connectivity index (χ0) is 13.1. The number of hydrogen-bond donors (Lipinski definition) is 2. The summed E-state index contributed by atoms with van der Waals surface area (Å²) in [5.74, 6) is 0.829. The third-order valence-electron chi connectivity index (χ3n) is 2.41. The van der Waals surface area contributed by atoms with Gasteiger partial charge in [-0.1, -0.05) is 6.92 Å². The van der Waals surface area contributed by atoms with E-state index in [-0.39, 0.29) is 5.91 Å². The molecular weight excluding hydrogens is 298 g/mol. The van der Waals surface area contributed by atoms with Crippen LogP contribution in [-0.4, -0.2) is 10.9 Å². The molecule has 0 fully saturated rings. The molecule has 0 aromatic carbocycles. The Labute approximate surface area is 113 Å². The zero-order valence-electron chi connectivity index (χ0n) is 9.74. The summed E-state index contributed by atoms with van der Waals surface area (Å²) in [6.07, 6.45) is 3.64. The maximum absolute atomic E-state index is 12.0. The van der Waals surface area contributed by atoms with E-state index < -0.39 is 0 Å². The Hall–Kier alpha value is -1.82. The van der Waals surface area contributed by atoms with Crippen LogP contribution in [0.3, 0.4) is 0 Å². The lowest BCUT2D eigenvalue weighted by Gasteiger charge is -2.06. The minimum Gasteiger partial charge on any atom is -0.469 e. The van der Waals surface area contributed by atoms with Gasteiger partial charge < -0.3 is 15.5 Å². The number of rotatable bonds is 3. The van der Waals surface area contributed by atoms with Crippen molar-refractivity contribution in [2.45, 2.75) is 13.3 Å². The summed E-state index contributed by atoms with van der Waals surface area (Å²) in [6, 6.07) is 3.32. The molecule has 0 radical (unpaired) electrons. The summed E-state index contributed by atoms with van der Waals surface area (Å²) in [7, 11) is 0. The third-order valence-corrected chi connectivity index (χ3v) is 3.01. The number of aromatic nitrogens is 1. The Balaban J connectivity index is 2.21. The first-order chi connectivity index (χ1) is 8.61. The van der Waals surface area contributed by atoms with Gasteiger partial charge in [-0.15, -0.1) is 0 Å². The number of nitrogens with zero attached hydrogens (tertiary/aromatic N) is 1. The van der Waals surface area contributed by atoms with Crippen LogP contribution in [0.25, 0.3) is 0 Å². The minimum absolute atomic E-state index is 0.251. The predicted octanol–water partition coefficient (Wildman–Crippen LogP) is 2.83. The van der Waals surface area contributed by atoms with E-state index in [1.807, 2.05) is 6.92 Å². The number of anilines is 2. The normalized spacial score (nSPS) is 10.3. The Morgan fingerprint density at radius 3 is 3.06 bits per heavy atom. The van der Waals surface area contributed by atoms with Gasteiger partial charge in [-0.05, 0) is 28.1 Å². The second kappa shape index (κ2) is 5.22. The summed E-state index contributed by atoms with van der Waals surface area (Å²) in [5.41, 5.74) is 6.62.